The molecule has 454 valence electrons. The maximum absolute atomic E-state index is 15.7. The van der Waals surface area contributed by atoms with E-state index in [1.165, 1.54) is 0 Å². The molecule has 88 heavy (non-hydrogen) atoms. The third-order valence-electron chi connectivity index (χ3n) is 17.6. The standard InChI is InChI=1S/C72H74O14Si2/c1-69(2,3)87(7,8)85-57-43-49(41-55-60(57)83-71(81-55,51-33-21-13-22-34-51)52-35-23-14-24-36-52)65(73)78-63-62-59(46-76-67(80-62)48-31-19-12-20-32-48)77-68(75-45-47-29-17-11-18-30-47)64(63)79-66(74)50-42-56-61(58(44-50)86-88(9,10)70(4,5)6)84-72(82-56,53-37-25-15-26-38-53)54-39-27-16-28-40-54/h11-44,59,62-64,67-68H,45-46H2,1-10H3/t59-,62-,63+,64-,67-,68-/m1/s1. The fraction of sp³-hybridized carbons (Fsp3) is 0.306. The predicted molar refractivity (Wildman–Crippen MR) is 337 cm³/mol. The van der Waals surface area contributed by atoms with Gasteiger partial charge in [0.2, 0.25) is 11.5 Å². The largest absolute Gasteiger partial charge is 0.541 e. The molecule has 0 N–H and O–H groups in total. The van der Waals surface area contributed by atoms with Gasteiger partial charge < -0.3 is 56.2 Å². The lowest BCUT2D eigenvalue weighted by Crippen LogP contribution is -2.64. The second-order valence-electron chi connectivity index (χ2n) is 25.7. The lowest BCUT2D eigenvalue weighted by molar-refractivity contribution is -0.361. The first-order valence-corrected chi connectivity index (χ1v) is 35.7. The molecule has 0 unspecified atom stereocenters. The topological polar surface area (TPSA) is 145 Å². The van der Waals surface area contributed by atoms with Crippen molar-refractivity contribution < 1.29 is 65.8 Å². The number of esters is 2. The molecule has 0 bridgehead atoms. The second-order valence-corrected chi connectivity index (χ2v) is 35.1. The molecule has 8 aromatic carbocycles. The highest BCUT2D eigenvalue weighted by Gasteiger charge is 2.56. The van der Waals surface area contributed by atoms with E-state index in [4.69, 9.17) is 56.2 Å². The Kier molecular flexibility index (Phi) is 16.2. The predicted octanol–water partition coefficient (Wildman–Crippen LogP) is 15.6. The lowest BCUT2D eigenvalue weighted by atomic mass is 9.96. The Morgan fingerprint density at radius 3 is 1.28 bits per heavy atom. The molecule has 0 amide bonds. The molecule has 0 saturated carbocycles. The number of hydrogen-bond acceptors (Lipinski definition) is 14. The van der Waals surface area contributed by atoms with Crippen molar-refractivity contribution in [3.05, 3.63) is 251 Å². The zero-order valence-corrected chi connectivity index (χ0v) is 53.2. The summed E-state index contributed by atoms with van der Waals surface area (Å²) in [6.07, 6.45) is -7.16. The fourth-order valence-corrected chi connectivity index (χ4v) is 12.7. The molecular weight excluding hydrogens is 1140 g/mol. The van der Waals surface area contributed by atoms with Gasteiger partial charge >= 0.3 is 23.5 Å². The zero-order chi connectivity index (χ0) is 61.6. The van der Waals surface area contributed by atoms with Crippen molar-refractivity contribution in [2.24, 2.45) is 0 Å². The second kappa shape index (κ2) is 23.7. The number of ether oxygens (including phenoxy) is 10. The van der Waals surface area contributed by atoms with Gasteiger partial charge in [-0.15, -0.1) is 0 Å². The first kappa shape index (κ1) is 60.1. The summed E-state index contributed by atoms with van der Waals surface area (Å²) in [5, 5.41) is -0.543. The van der Waals surface area contributed by atoms with E-state index in [0.29, 0.717) is 28.6 Å². The highest BCUT2D eigenvalue weighted by molar-refractivity contribution is 6.75. The van der Waals surface area contributed by atoms with Crippen LogP contribution in [0.25, 0.3) is 0 Å². The third kappa shape index (κ3) is 11.7. The average molecular weight is 1220 g/mol. The van der Waals surface area contributed by atoms with Crippen LogP contribution in [-0.4, -0.2) is 65.9 Å². The van der Waals surface area contributed by atoms with Gasteiger partial charge in [0.15, 0.2) is 47.8 Å². The number of carbonyl (C=O) groups is 2. The minimum atomic E-state index is -2.68. The van der Waals surface area contributed by atoms with Gasteiger partial charge in [0.05, 0.1) is 24.3 Å². The maximum Gasteiger partial charge on any atom is 0.339 e. The molecule has 2 fully saturated rings. The van der Waals surface area contributed by atoms with Gasteiger partial charge in [-0.05, 0) is 66.1 Å². The minimum Gasteiger partial charge on any atom is -0.541 e. The van der Waals surface area contributed by atoms with Gasteiger partial charge in [-0.3, -0.25) is 0 Å². The Balaban J connectivity index is 0.970. The van der Waals surface area contributed by atoms with Crippen molar-refractivity contribution in [2.45, 2.75) is 133 Å². The molecule has 16 heteroatoms. The van der Waals surface area contributed by atoms with Crippen molar-refractivity contribution >= 4 is 28.6 Å². The van der Waals surface area contributed by atoms with Crippen LogP contribution in [0.1, 0.15) is 102 Å². The summed E-state index contributed by atoms with van der Waals surface area (Å²) >= 11 is 0. The molecule has 2 saturated heterocycles. The Morgan fingerprint density at radius 1 is 0.489 bits per heavy atom. The quantitative estimate of drug-likeness (QED) is 0.0668. The van der Waals surface area contributed by atoms with Gasteiger partial charge in [-0.1, -0.05) is 224 Å². The van der Waals surface area contributed by atoms with Crippen LogP contribution in [0.15, 0.2) is 206 Å². The number of fused-ring (bicyclic) bond motifs is 3. The highest BCUT2D eigenvalue weighted by Crippen LogP contribution is 2.56. The monoisotopic (exact) mass is 1220 g/mol. The molecule has 14 nitrogen and oxygen atoms in total. The zero-order valence-electron chi connectivity index (χ0n) is 51.2. The van der Waals surface area contributed by atoms with E-state index in [2.05, 4.69) is 67.7 Å². The van der Waals surface area contributed by atoms with Crippen molar-refractivity contribution in [1.29, 1.82) is 0 Å². The van der Waals surface area contributed by atoms with Gasteiger partial charge in [0.25, 0.3) is 16.6 Å². The van der Waals surface area contributed by atoms with Crippen LogP contribution in [0.5, 0.6) is 34.5 Å². The van der Waals surface area contributed by atoms with Gasteiger partial charge in [0.1, 0.15) is 12.2 Å². The van der Waals surface area contributed by atoms with E-state index in [1.807, 2.05) is 182 Å². The van der Waals surface area contributed by atoms with Crippen LogP contribution in [0.2, 0.25) is 36.3 Å². The van der Waals surface area contributed by atoms with E-state index in [9.17, 15) is 0 Å². The molecule has 0 aromatic heterocycles. The van der Waals surface area contributed by atoms with E-state index in [0.717, 1.165) is 27.8 Å². The highest BCUT2D eigenvalue weighted by atomic mass is 28.4. The smallest absolute Gasteiger partial charge is 0.339 e. The Bertz CT molecular complexity index is 3690. The van der Waals surface area contributed by atoms with Gasteiger partial charge in [0, 0.05) is 27.8 Å². The fourth-order valence-electron chi connectivity index (χ4n) is 10.7. The van der Waals surface area contributed by atoms with E-state index in [1.54, 1.807) is 24.3 Å². The molecular formula is C72H74O14Si2. The molecule has 0 radical (unpaired) electrons. The first-order valence-electron chi connectivity index (χ1n) is 29.9. The average Bonchev–Trinajstić information content (AvgIpc) is 1.60. The van der Waals surface area contributed by atoms with Gasteiger partial charge in [-0.25, -0.2) is 9.59 Å². The van der Waals surface area contributed by atoms with Crippen molar-refractivity contribution in [3.8, 4) is 34.5 Å². The minimum absolute atomic E-state index is 0.000607. The summed E-state index contributed by atoms with van der Waals surface area (Å²) in [6, 6.07) is 64.0. The number of hydrogen-bond donors (Lipinski definition) is 0. The summed E-state index contributed by atoms with van der Waals surface area (Å²) in [5.74, 6) is -2.83. The molecule has 6 atom stereocenters. The molecule has 4 heterocycles. The number of rotatable bonds is 16. The Labute approximate surface area is 516 Å². The van der Waals surface area contributed by atoms with Crippen LogP contribution in [0.3, 0.4) is 0 Å². The van der Waals surface area contributed by atoms with Crippen molar-refractivity contribution in [3.63, 3.8) is 0 Å². The van der Waals surface area contributed by atoms with Crippen LogP contribution >= 0.6 is 0 Å². The Hall–Kier alpha value is -8.23. The molecule has 0 aliphatic carbocycles. The normalized spacial score (nSPS) is 20.9. The maximum atomic E-state index is 15.7. The SMILES string of the molecule is CC(C)(C)[Si](C)(C)Oc1cc(C(=O)O[C@@H]2[C@@H](OC(=O)c3cc4c(c(O[Si](C)(C)C(C)(C)C)c3)OC(c3ccccc3)(c3ccccc3)O4)[C@H](OCc3ccccc3)O[C@@H]3CO[C@@H](c4ccccc4)O[C@@H]23)cc2c1OC(c1ccccc1)(c1ccccc1)O2. The van der Waals surface area contributed by atoms with E-state index in [-0.39, 0.29) is 45.9 Å². The lowest BCUT2D eigenvalue weighted by Gasteiger charge is -2.48. The van der Waals surface area contributed by atoms with E-state index < -0.39 is 77.1 Å². The molecule has 8 aromatic rings. The molecule has 4 aliphatic heterocycles. The molecule has 12 rings (SSSR count). The van der Waals surface area contributed by atoms with Crippen LogP contribution in [0, 0.1) is 0 Å². The summed E-state index contributed by atoms with van der Waals surface area (Å²) in [6.45, 7) is 21.3. The van der Waals surface area contributed by atoms with Gasteiger partial charge in [-0.2, -0.15) is 0 Å². The third-order valence-corrected chi connectivity index (χ3v) is 26.3. The van der Waals surface area contributed by atoms with Crippen LogP contribution in [0.4, 0.5) is 0 Å². The van der Waals surface area contributed by atoms with Crippen LogP contribution < -0.4 is 27.8 Å². The Morgan fingerprint density at radius 2 is 0.875 bits per heavy atom. The molecule has 4 aliphatic rings. The number of benzene rings is 8. The van der Waals surface area contributed by atoms with Crippen molar-refractivity contribution in [2.75, 3.05) is 6.61 Å². The van der Waals surface area contributed by atoms with Crippen LogP contribution in [-0.2, 0) is 46.6 Å². The summed E-state index contributed by atoms with van der Waals surface area (Å²) in [4.78, 5) is 31.4. The summed E-state index contributed by atoms with van der Waals surface area (Å²) < 4.78 is 82.8. The summed E-state index contributed by atoms with van der Waals surface area (Å²) in [5.41, 5.74) is 4.52. The first-order chi connectivity index (χ1) is 42.1. The van der Waals surface area contributed by atoms with E-state index >= 15 is 9.59 Å². The molecule has 0 spiro atoms. The summed E-state index contributed by atoms with van der Waals surface area (Å²) in [7, 11) is -5.35. The number of carbonyl (C=O) groups excluding carboxylic acids is 2. The van der Waals surface area contributed by atoms with Crippen molar-refractivity contribution in [1.82, 2.24) is 0 Å².